The summed E-state index contributed by atoms with van der Waals surface area (Å²) >= 11 is 0. The van der Waals surface area contributed by atoms with Crippen molar-refractivity contribution >= 4 is 11.4 Å². The number of halogens is 1. The number of hydrogen-bond acceptors (Lipinski definition) is 6. The Kier molecular flexibility index (Phi) is 6.86. The number of benzene rings is 2. The van der Waals surface area contributed by atoms with Crippen LogP contribution in [-0.4, -0.2) is 26.2 Å². The van der Waals surface area contributed by atoms with Gasteiger partial charge in [0.25, 0.3) is 11.4 Å². The van der Waals surface area contributed by atoms with Crippen LogP contribution in [0.4, 0.5) is 15.8 Å². The Bertz CT molecular complexity index is 842. The van der Waals surface area contributed by atoms with E-state index in [1.54, 1.807) is 12.1 Å². The molecule has 1 N–H and O–H groups in total. The highest BCUT2D eigenvalue weighted by Crippen LogP contribution is 2.39. The van der Waals surface area contributed by atoms with E-state index in [0.717, 1.165) is 49.9 Å². The maximum absolute atomic E-state index is 12.1. The first kappa shape index (κ1) is 22.2. The molecule has 0 bridgehead atoms. The lowest BCUT2D eigenvalue weighted by Gasteiger charge is -2.11. The number of nitro groups is 2. The highest BCUT2D eigenvalue weighted by Gasteiger charge is 2.40. The lowest BCUT2D eigenvalue weighted by Crippen LogP contribution is -2.11. The first-order chi connectivity index (χ1) is 13.5. The van der Waals surface area contributed by atoms with Crippen molar-refractivity contribution in [3.63, 3.8) is 0 Å². The molecule has 2 aliphatic rings. The molecular formula is C20H23FN2O6. The molecule has 0 heterocycles. The lowest BCUT2D eigenvalue weighted by atomic mass is 10.3. The van der Waals surface area contributed by atoms with Gasteiger partial charge in [-0.2, -0.15) is 0 Å². The molecule has 8 nitrogen and oxygen atoms in total. The predicted octanol–water partition coefficient (Wildman–Crippen LogP) is 4.79. The highest BCUT2D eigenvalue weighted by atomic mass is 19.1. The number of aliphatic hydroxyl groups is 1. The zero-order chi connectivity index (χ0) is 21.7. The monoisotopic (exact) mass is 406 g/mol. The van der Waals surface area contributed by atoms with Crippen molar-refractivity contribution in [3.8, 4) is 5.75 Å². The summed E-state index contributed by atoms with van der Waals surface area (Å²) in [7, 11) is 0. The molecule has 4 rings (SSSR count). The number of rotatable bonds is 4. The zero-order valence-electron chi connectivity index (χ0n) is 16.2. The molecule has 0 saturated heterocycles. The first-order valence-corrected chi connectivity index (χ1v) is 9.06. The van der Waals surface area contributed by atoms with Gasteiger partial charge in [-0.1, -0.05) is 0 Å². The summed E-state index contributed by atoms with van der Waals surface area (Å²) in [6, 6.07) is 10.5. The van der Waals surface area contributed by atoms with Crippen molar-refractivity contribution in [2.75, 3.05) is 0 Å². The summed E-state index contributed by atoms with van der Waals surface area (Å²) in [4.78, 5) is 19.4. The van der Waals surface area contributed by atoms with Gasteiger partial charge < -0.3 is 9.84 Å². The second-order valence-corrected chi connectivity index (χ2v) is 7.53. The molecule has 0 amide bonds. The molecule has 0 atom stereocenters. The third kappa shape index (κ3) is 8.22. The second-order valence-electron chi connectivity index (χ2n) is 7.53. The van der Waals surface area contributed by atoms with Crippen LogP contribution < -0.4 is 4.74 Å². The fourth-order valence-corrected chi connectivity index (χ4v) is 1.94. The molecular weight excluding hydrogens is 383 g/mol. The van der Waals surface area contributed by atoms with Crippen molar-refractivity contribution in [3.05, 3.63) is 74.6 Å². The SMILES string of the molecule is CC1(O)CC1.CC1(Oc2ccc([N+](=O)[O-])cc2)CC1.O=[N+]([O-])c1ccc(F)cc1. The van der Waals surface area contributed by atoms with Gasteiger partial charge in [0.1, 0.15) is 17.2 Å². The Morgan fingerprint density at radius 3 is 1.55 bits per heavy atom. The minimum absolute atomic E-state index is 0.0316. The zero-order valence-corrected chi connectivity index (χ0v) is 16.2. The molecule has 0 aliphatic heterocycles. The van der Waals surface area contributed by atoms with Gasteiger partial charge in [0, 0.05) is 24.3 Å². The van der Waals surface area contributed by atoms with Crippen LogP contribution in [0.1, 0.15) is 39.5 Å². The van der Waals surface area contributed by atoms with E-state index in [1.165, 1.54) is 12.1 Å². The molecule has 9 heteroatoms. The van der Waals surface area contributed by atoms with Gasteiger partial charge in [-0.05, 0) is 63.8 Å². The summed E-state index contributed by atoms with van der Waals surface area (Å²) in [5, 5.41) is 29.0. The molecule has 0 spiro atoms. The molecule has 0 radical (unpaired) electrons. The summed E-state index contributed by atoms with van der Waals surface area (Å²) in [6.45, 7) is 3.89. The third-order valence-electron chi connectivity index (χ3n) is 4.38. The highest BCUT2D eigenvalue weighted by molar-refractivity contribution is 5.36. The normalized spacial score (nSPS) is 16.8. The number of nitro benzene ring substituents is 2. The third-order valence-corrected chi connectivity index (χ3v) is 4.38. The van der Waals surface area contributed by atoms with Crippen LogP contribution in [0.3, 0.4) is 0 Å². The largest absolute Gasteiger partial charge is 0.488 e. The van der Waals surface area contributed by atoms with Crippen LogP contribution in [0.15, 0.2) is 48.5 Å². The van der Waals surface area contributed by atoms with E-state index in [0.29, 0.717) is 5.75 Å². The molecule has 0 unspecified atom stereocenters. The molecule has 2 aromatic carbocycles. The number of ether oxygens (including phenoxy) is 1. The number of nitrogens with zero attached hydrogens (tertiary/aromatic N) is 2. The molecule has 2 fully saturated rings. The number of non-ortho nitro benzene ring substituents is 2. The standard InChI is InChI=1S/C10H11NO3.C6H4FNO2.C4H8O/c1-10(6-7-10)14-9-4-2-8(3-5-9)11(12)13;7-5-1-3-6(4-2-5)8(9)10;1-4(5)2-3-4/h2-5H,6-7H2,1H3;1-4H;5H,2-3H2,1H3. The van der Waals surface area contributed by atoms with Crippen molar-refractivity contribution in [2.24, 2.45) is 0 Å². The molecule has 2 aliphatic carbocycles. The van der Waals surface area contributed by atoms with Crippen molar-refractivity contribution in [1.82, 2.24) is 0 Å². The molecule has 29 heavy (non-hydrogen) atoms. The van der Waals surface area contributed by atoms with Gasteiger partial charge >= 0.3 is 0 Å². The summed E-state index contributed by atoms with van der Waals surface area (Å²) in [5.41, 5.74) is -0.282. The van der Waals surface area contributed by atoms with Crippen molar-refractivity contribution < 1.29 is 24.1 Å². The van der Waals surface area contributed by atoms with Crippen LogP contribution in [-0.2, 0) is 0 Å². The Morgan fingerprint density at radius 1 is 0.862 bits per heavy atom. The van der Waals surface area contributed by atoms with Crippen molar-refractivity contribution in [2.45, 2.75) is 50.7 Å². The minimum Gasteiger partial charge on any atom is -0.488 e. The molecule has 0 aromatic heterocycles. The fourth-order valence-electron chi connectivity index (χ4n) is 1.94. The number of hydrogen-bond donors (Lipinski definition) is 1. The van der Waals surface area contributed by atoms with E-state index in [1.807, 2.05) is 13.8 Å². The van der Waals surface area contributed by atoms with Gasteiger partial charge in [0.2, 0.25) is 0 Å². The minimum atomic E-state index is -0.570. The van der Waals surface area contributed by atoms with E-state index in [4.69, 9.17) is 9.84 Å². The average Bonchev–Trinajstić information content (AvgIpc) is 3.56. The van der Waals surface area contributed by atoms with E-state index in [-0.39, 0.29) is 22.6 Å². The maximum Gasteiger partial charge on any atom is 0.269 e. The quantitative estimate of drug-likeness (QED) is 0.576. The van der Waals surface area contributed by atoms with Crippen LogP contribution in [0.25, 0.3) is 0 Å². The van der Waals surface area contributed by atoms with Gasteiger partial charge in [-0.15, -0.1) is 0 Å². The molecule has 2 aromatic rings. The van der Waals surface area contributed by atoms with E-state index >= 15 is 0 Å². The summed E-state index contributed by atoms with van der Waals surface area (Å²) in [6.07, 6.45) is 4.13. The van der Waals surface area contributed by atoms with Crippen molar-refractivity contribution in [1.29, 1.82) is 0 Å². The summed E-state index contributed by atoms with van der Waals surface area (Å²) in [5.74, 6) is 0.237. The van der Waals surface area contributed by atoms with Gasteiger partial charge in [-0.3, -0.25) is 20.2 Å². The van der Waals surface area contributed by atoms with Crippen LogP contribution >= 0.6 is 0 Å². The van der Waals surface area contributed by atoms with Gasteiger partial charge in [-0.25, -0.2) is 4.39 Å². The first-order valence-electron chi connectivity index (χ1n) is 9.06. The second kappa shape index (κ2) is 8.95. The summed E-state index contributed by atoms with van der Waals surface area (Å²) < 4.78 is 17.8. The smallest absolute Gasteiger partial charge is 0.269 e. The van der Waals surface area contributed by atoms with Crippen LogP contribution in [0.2, 0.25) is 0 Å². The van der Waals surface area contributed by atoms with Crippen LogP contribution in [0, 0.1) is 26.0 Å². The van der Waals surface area contributed by atoms with Gasteiger partial charge in [0.15, 0.2) is 0 Å². The topological polar surface area (TPSA) is 116 Å². The van der Waals surface area contributed by atoms with Crippen LogP contribution in [0.5, 0.6) is 5.75 Å². The Balaban J connectivity index is 0.000000173. The predicted molar refractivity (Wildman–Crippen MR) is 104 cm³/mol. The van der Waals surface area contributed by atoms with E-state index in [2.05, 4.69) is 0 Å². The van der Waals surface area contributed by atoms with Gasteiger partial charge in [0.05, 0.1) is 15.4 Å². The average molecular weight is 406 g/mol. The Hall–Kier alpha value is -3.07. The Labute approximate surface area is 167 Å². The van der Waals surface area contributed by atoms with E-state index < -0.39 is 15.7 Å². The fraction of sp³-hybridized carbons (Fsp3) is 0.400. The molecule has 2 saturated carbocycles. The maximum atomic E-state index is 12.1. The molecule has 156 valence electrons. The lowest BCUT2D eigenvalue weighted by molar-refractivity contribution is -0.385. The van der Waals surface area contributed by atoms with E-state index in [9.17, 15) is 24.6 Å². The Morgan fingerprint density at radius 2 is 1.24 bits per heavy atom.